The third-order valence-electron chi connectivity index (χ3n) is 16.9. The van der Waals surface area contributed by atoms with Crippen molar-refractivity contribution in [3.8, 4) is 22.9 Å². The number of aryl methyl sites for hydroxylation is 1. The fourth-order valence-corrected chi connectivity index (χ4v) is 12.3. The minimum absolute atomic E-state index is 0. The molecule has 0 unspecified atom stereocenters. The molecule has 0 bridgehead atoms. The number of aromatic nitrogens is 2. The number of imide groups is 4. The van der Waals surface area contributed by atoms with Crippen molar-refractivity contribution in [2.75, 3.05) is 14.7 Å². The van der Waals surface area contributed by atoms with Gasteiger partial charge in [0.25, 0.3) is 47.3 Å². The van der Waals surface area contributed by atoms with E-state index in [0.717, 1.165) is 5.56 Å². The maximum atomic E-state index is 15.8. The summed E-state index contributed by atoms with van der Waals surface area (Å²) < 4.78 is 193. The molecule has 1 aromatic heterocycles. The number of fused-ring (bicyclic) bond motifs is 4. The zero-order valence-electron chi connectivity index (χ0n) is 46.5. The van der Waals surface area contributed by atoms with Gasteiger partial charge in [0.1, 0.15) is 0 Å². The minimum atomic E-state index is -6.35. The first-order chi connectivity index (χ1) is 42.1. The van der Waals surface area contributed by atoms with Gasteiger partial charge >= 0.3 is 24.7 Å². The van der Waals surface area contributed by atoms with Crippen LogP contribution in [0.4, 0.5) is 69.7 Å². The van der Waals surface area contributed by atoms with Gasteiger partial charge in [0.2, 0.25) is 22.6 Å². The first kappa shape index (κ1) is 62.0. The van der Waals surface area contributed by atoms with E-state index in [9.17, 15) is 38.4 Å². The van der Waals surface area contributed by atoms with Gasteiger partial charge in [-0.05, 0) is 164 Å². The molecule has 15 nitrogen and oxygen atoms in total. The van der Waals surface area contributed by atoms with Crippen molar-refractivity contribution in [2.45, 2.75) is 77.6 Å². The van der Waals surface area contributed by atoms with Gasteiger partial charge < -0.3 is 4.42 Å². The summed E-state index contributed by atoms with van der Waals surface area (Å²) in [6, 6.07) is 17.0. The lowest BCUT2D eigenvalue weighted by Crippen LogP contribution is -2.55. The highest BCUT2D eigenvalue weighted by Crippen LogP contribution is 2.59. The Morgan fingerprint density at radius 2 is 0.637 bits per heavy atom. The van der Waals surface area contributed by atoms with E-state index in [0.29, 0.717) is 74.4 Å². The Morgan fingerprint density at radius 3 is 0.989 bits per heavy atom. The van der Waals surface area contributed by atoms with Crippen LogP contribution in [0.1, 0.15) is 140 Å². The lowest BCUT2D eigenvalue weighted by molar-refractivity contribution is -0.290. The van der Waals surface area contributed by atoms with Gasteiger partial charge in [-0.2, -0.15) is 52.7 Å². The number of amides is 8. The maximum Gasteiger partial charge on any atom is 0.411 e. The summed E-state index contributed by atoms with van der Waals surface area (Å²) in [5.41, 5.74) is -22.0. The first-order valence-corrected chi connectivity index (χ1v) is 26.6. The zero-order valence-corrected chi connectivity index (χ0v) is 46.5. The number of nitrogens with zero attached hydrogens (tertiary/aromatic N) is 5. The predicted octanol–water partition coefficient (Wildman–Crippen LogP) is 13.7. The van der Waals surface area contributed by atoms with Crippen LogP contribution >= 0.6 is 0 Å². The van der Waals surface area contributed by atoms with E-state index in [4.69, 9.17) is 4.42 Å². The number of nitrogens with one attached hydrogen (secondary N) is 1. The van der Waals surface area contributed by atoms with Gasteiger partial charge in [-0.1, -0.05) is 49.4 Å². The van der Waals surface area contributed by atoms with Crippen molar-refractivity contribution in [3.63, 3.8) is 0 Å². The molecule has 8 amide bonds. The molecular formula is C64H40F12N6O9. The smallest absolute Gasteiger partial charge is 0.411 e. The maximum absolute atomic E-state index is 15.8. The Labute approximate surface area is 504 Å². The largest absolute Gasteiger partial charge is 0.416 e. The molecular weight excluding hydrogens is 1220 g/mol. The van der Waals surface area contributed by atoms with Crippen LogP contribution in [0.3, 0.4) is 0 Å². The number of benzene rings is 7. The Morgan fingerprint density at radius 1 is 0.352 bits per heavy atom. The summed E-state index contributed by atoms with van der Waals surface area (Å²) in [5.74, 6) is -10.0. The molecule has 0 spiro atoms. The van der Waals surface area contributed by atoms with Gasteiger partial charge in [-0.15, -0.1) is 10.2 Å². The molecule has 8 aromatic rings. The molecule has 0 radical (unpaired) electrons. The molecule has 91 heavy (non-hydrogen) atoms. The van der Waals surface area contributed by atoms with E-state index >= 15 is 52.7 Å². The van der Waals surface area contributed by atoms with Crippen molar-refractivity contribution in [2.24, 2.45) is 0 Å². The number of anilines is 3. The van der Waals surface area contributed by atoms with Crippen LogP contribution in [0, 0.1) is 34.6 Å². The van der Waals surface area contributed by atoms with E-state index in [1.54, 1.807) is 17.4 Å². The molecule has 0 saturated heterocycles. The van der Waals surface area contributed by atoms with Crippen LogP contribution in [-0.2, 0) is 10.8 Å². The number of hydrogen-bond acceptors (Lipinski definition) is 11. The number of rotatable bonds is 9. The summed E-state index contributed by atoms with van der Waals surface area (Å²) in [4.78, 5) is 111. The third kappa shape index (κ3) is 8.66. The molecule has 464 valence electrons. The third-order valence-corrected chi connectivity index (χ3v) is 16.9. The molecule has 1 N–H and O–H groups in total. The summed E-state index contributed by atoms with van der Waals surface area (Å²) in [7, 11) is 0. The highest BCUT2D eigenvalue weighted by atomic mass is 19.4. The predicted molar refractivity (Wildman–Crippen MR) is 299 cm³/mol. The molecule has 4 aliphatic rings. The molecule has 7 aromatic carbocycles. The zero-order chi connectivity index (χ0) is 65.2. The lowest BCUT2D eigenvalue weighted by atomic mass is 9.71. The van der Waals surface area contributed by atoms with Crippen LogP contribution in [-0.4, -0.2) is 82.2 Å². The van der Waals surface area contributed by atoms with Crippen LogP contribution in [0.2, 0.25) is 0 Å². The van der Waals surface area contributed by atoms with Crippen LogP contribution in [0.25, 0.3) is 22.9 Å². The summed E-state index contributed by atoms with van der Waals surface area (Å²) in [6.07, 6.45) is -25.2. The number of hydrogen-bond donors (Lipinski definition) is 1. The average Bonchev–Trinajstić information content (AvgIpc) is 1.57. The Hall–Kier alpha value is -10.6. The van der Waals surface area contributed by atoms with Gasteiger partial charge in [-0.3, -0.25) is 43.7 Å². The summed E-state index contributed by atoms with van der Waals surface area (Å²) >= 11 is 0. The molecule has 27 heteroatoms. The monoisotopic (exact) mass is 1260 g/mol. The first-order valence-electron chi connectivity index (χ1n) is 26.6. The van der Waals surface area contributed by atoms with E-state index in [-0.39, 0.29) is 82.8 Å². The van der Waals surface area contributed by atoms with E-state index in [1.165, 1.54) is 52.0 Å². The molecule has 0 aliphatic carbocycles. The van der Waals surface area contributed by atoms with Gasteiger partial charge in [0, 0.05) is 11.1 Å². The number of halogens is 12. The average molecular weight is 1270 g/mol. The van der Waals surface area contributed by atoms with E-state index in [2.05, 4.69) is 10.2 Å². The lowest BCUT2D eigenvalue weighted by Gasteiger charge is -2.38. The second-order valence-corrected chi connectivity index (χ2v) is 21.7. The molecule has 0 fully saturated rings. The fourth-order valence-electron chi connectivity index (χ4n) is 12.3. The van der Waals surface area contributed by atoms with Crippen molar-refractivity contribution in [1.82, 2.24) is 15.5 Å². The molecule has 0 atom stereocenters. The summed E-state index contributed by atoms with van der Waals surface area (Å²) in [5, 5.41) is 9.83. The van der Waals surface area contributed by atoms with Crippen molar-refractivity contribution in [3.05, 3.63) is 216 Å². The van der Waals surface area contributed by atoms with E-state index in [1.807, 2.05) is 19.1 Å². The molecule has 12 rings (SSSR count). The number of carbonyl (C=O) groups is 8. The van der Waals surface area contributed by atoms with Crippen LogP contribution < -0.4 is 20.0 Å². The topological polar surface area (TPSA) is 197 Å². The number of carbonyl (C=O) groups excluding carboxylic acids is 8. The molecule has 5 heterocycles. The van der Waals surface area contributed by atoms with Crippen LogP contribution in [0.15, 0.2) is 126 Å². The summed E-state index contributed by atoms with van der Waals surface area (Å²) in [6.45, 7) is 6.84. The second kappa shape index (κ2) is 20.5. The normalized spacial score (nSPS) is 15.2. The minimum Gasteiger partial charge on any atom is -0.416 e. The van der Waals surface area contributed by atoms with E-state index < -0.39 is 150 Å². The SMILES string of the molecule is C.Cc1ccc(-c2nnc(-c3ccc(N4C(=O)c5ccc(C(c6ccc7c(c6)C(=O)N(c6c(C)c(C)c(N8C(=O)c9ccc(C(c%10ccc%11c(c%10)C(=O)NC%11=O)(C(F)(F)F)C(F)(F)F)cc9C8=O)c(C)c6C)C7=O)(C(F)(F)F)C(F)(F)F)cc5C4=O)cc3)o2)cc1. The highest BCUT2D eigenvalue weighted by Gasteiger charge is 2.74. The van der Waals surface area contributed by atoms with Gasteiger partial charge in [0.15, 0.2) is 0 Å². The van der Waals surface area contributed by atoms with Crippen molar-refractivity contribution >= 4 is 64.3 Å². The Balaban J connectivity index is 0.00000850. The molecule has 4 aliphatic heterocycles. The van der Waals surface area contributed by atoms with Crippen molar-refractivity contribution < 1.29 is 95.5 Å². The Bertz CT molecular complexity index is 4550. The quantitative estimate of drug-likeness (QED) is 0.107. The fraction of sp³-hybridized carbons (Fsp3) is 0.188. The Kier molecular flexibility index (Phi) is 14.0. The second-order valence-electron chi connectivity index (χ2n) is 21.7. The standard InChI is InChI=1S/C63H36F12N6O9.CH4/c1-26-6-8-31(9-7-26)50-77-78-51(90-50)32-10-16-37(17-11-32)79-52(84)39-19-13-34(23-43(39)55(79)87)59(62(70,71)72,63(73,74)75)36-15-21-41-45(25-36)57(89)81(54(41)86)47-29(4)27(2)46(28(3)30(47)5)80-53(85)40-20-14-35(24-44(40)56(80)88)58(60(64,65)66,61(67,68)69)33-12-18-38-42(22-33)49(83)76-48(38)82;/h6-25H,1-5H3,(H,76,82,83);1H4. The highest BCUT2D eigenvalue weighted by molar-refractivity contribution is 6.37. The van der Waals surface area contributed by atoms with Gasteiger partial charge in [0.05, 0.1) is 61.6 Å². The van der Waals surface area contributed by atoms with Crippen LogP contribution in [0.5, 0.6) is 0 Å². The van der Waals surface area contributed by atoms with Gasteiger partial charge in [-0.25, -0.2) is 14.7 Å². The van der Waals surface area contributed by atoms with Crippen molar-refractivity contribution in [1.29, 1.82) is 0 Å². The molecule has 0 saturated carbocycles. The number of alkyl halides is 12.